The van der Waals surface area contributed by atoms with Crippen molar-refractivity contribution in [2.24, 2.45) is 0 Å². The molecule has 4 aromatic rings. The molecule has 0 heterocycles. The first-order chi connectivity index (χ1) is 16.6. The molecule has 170 valence electrons. The van der Waals surface area contributed by atoms with Crippen LogP contribution in [0.1, 0.15) is 20.7 Å². The van der Waals surface area contributed by atoms with Crippen LogP contribution in [-0.4, -0.2) is 18.9 Å². The second kappa shape index (κ2) is 10.7. The standard InChI is InChI=1S/C27H24N4O3/c1-34-25-13-6-5-12-24(25)30-31-27(33)20-14-16-21(17-15-20)28-22-10-7-11-23(18-22)29-26(32)19-8-3-2-4-9-19/h2-18,28,30H,1H3,(H,29,32)(H,31,33). The van der Waals surface area contributed by atoms with Crippen molar-refractivity contribution in [3.8, 4) is 5.75 Å². The molecule has 0 aromatic heterocycles. The number of hydrogen-bond acceptors (Lipinski definition) is 5. The number of carbonyl (C=O) groups excluding carboxylic acids is 2. The third-order valence-corrected chi connectivity index (χ3v) is 5.01. The summed E-state index contributed by atoms with van der Waals surface area (Å²) in [5, 5.41) is 6.18. The zero-order chi connectivity index (χ0) is 23.8. The van der Waals surface area contributed by atoms with Crippen LogP contribution in [0.2, 0.25) is 0 Å². The van der Waals surface area contributed by atoms with E-state index in [1.54, 1.807) is 37.4 Å². The molecule has 7 heteroatoms. The van der Waals surface area contributed by atoms with E-state index >= 15 is 0 Å². The van der Waals surface area contributed by atoms with Gasteiger partial charge in [-0.15, -0.1) is 0 Å². The summed E-state index contributed by atoms with van der Waals surface area (Å²) in [5.74, 6) is 0.183. The molecule has 0 spiro atoms. The Bertz CT molecular complexity index is 1270. The van der Waals surface area contributed by atoms with Gasteiger partial charge in [-0.05, 0) is 66.7 Å². The average Bonchev–Trinajstić information content (AvgIpc) is 2.88. The molecular formula is C27H24N4O3. The van der Waals surface area contributed by atoms with E-state index in [4.69, 9.17) is 4.74 Å². The topological polar surface area (TPSA) is 91.5 Å². The summed E-state index contributed by atoms with van der Waals surface area (Å²) >= 11 is 0. The van der Waals surface area contributed by atoms with Gasteiger partial charge in [0.1, 0.15) is 5.75 Å². The molecule has 0 unspecified atom stereocenters. The minimum absolute atomic E-state index is 0.171. The fourth-order valence-electron chi connectivity index (χ4n) is 3.28. The summed E-state index contributed by atoms with van der Waals surface area (Å²) in [4.78, 5) is 24.9. The van der Waals surface area contributed by atoms with Gasteiger partial charge in [0.05, 0.1) is 12.8 Å². The number of methoxy groups -OCH3 is 1. The highest BCUT2D eigenvalue weighted by Crippen LogP contribution is 2.23. The first kappa shape index (κ1) is 22.4. The number of nitrogens with one attached hydrogen (secondary N) is 4. The summed E-state index contributed by atoms with van der Waals surface area (Å²) in [6.07, 6.45) is 0. The van der Waals surface area contributed by atoms with Crippen molar-refractivity contribution in [2.75, 3.05) is 23.2 Å². The Kier molecular flexibility index (Phi) is 7.05. The number of carbonyl (C=O) groups is 2. The van der Waals surface area contributed by atoms with Gasteiger partial charge in [0, 0.05) is 28.2 Å². The van der Waals surface area contributed by atoms with Gasteiger partial charge in [0.15, 0.2) is 0 Å². The van der Waals surface area contributed by atoms with Gasteiger partial charge in [-0.1, -0.05) is 36.4 Å². The number of rotatable bonds is 8. The zero-order valence-electron chi connectivity index (χ0n) is 18.5. The number of amides is 2. The monoisotopic (exact) mass is 452 g/mol. The predicted octanol–water partition coefficient (Wildman–Crippen LogP) is 5.45. The molecule has 0 aliphatic rings. The van der Waals surface area contributed by atoms with E-state index in [-0.39, 0.29) is 11.8 Å². The van der Waals surface area contributed by atoms with Gasteiger partial charge in [-0.3, -0.25) is 20.4 Å². The molecule has 4 rings (SSSR count). The van der Waals surface area contributed by atoms with Crippen LogP contribution in [0.5, 0.6) is 5.75 Å². The summed E-state index contributed by atoms with van der Waals surface area (Å²) in [6, 6.07) is 30.9. The molecule has 0 saturated heterocycles. The lowest BCUT2D eigenvalue weighted by molar-refractivity contribution is 0.0961. The van der Waals surface area contributed by atoms with Crippen molar-refractivity contribution in [1.82, 2.24) is 5.43 Å². The maximum absolute atomic E-state index is 12.5. The number of hydrazine groups is 1. The molecule has 0 bridgehead atoms. The van der Waals surface area contributed by atoms with Gasteiger partial charge in [0.2, 0.25) is 0 Å². The number of ether oxygens (including phenoxy) is 1. The summed E-state index contributed by atoms with van der Waals surface area (Å²) < 4.78 is 5.26. The van der Waals surface area contributed by atoms with E-state index in [0.717, 1.165) is 11.4 Å². The molecule has 0 atom stereocenters. The Hall–Kier alpha value is -4.78. The highest BCUT2D eigenvalue weighted by atomic mass is 16.5. The van der Waals surface area contributed by atoms with Crippen LogP contribution < -0.4 is 26.2 Å². The first-order valence-corrected chi connectivity index (χ1v) is 10.7. The Morgan fingerprint density at radius 3 is 2.09 bits per heavy atom. The van der Waals surface area contributed by atoms with Crippen LogP contribution in [0.4, 0.5) is 22.7 Å². The molecule has 0 saturated carbocycles. The minimum Gasteiger partial charge on any atom is -0.495 e. The van der Waals surface area contributed by atoms with Crippen LogP contribution >= 0.6 is 0 Å². The van der Waals surface area contributed by atoms with E-state index in [1.807, 2.05) is 72.8 Å². The van der Waals surface area contributed by atoms with Gasteiger partial charge < -0.3 is 15.4 Å². The van der Waals surface area contributed by atoms with Crippen molar-refractivity contribution in [2.45, 2.75) is 0 Å². The highest BCUT2D eigenvalue weighted by molar-refractivity contribution is 6.04. The van der Waals surface area contributed by atoms with Crippen LogP contribution in [0.3, 0.4) is 0 Å². The third-order valence-electron chi connectivity index (χ3n) is 5.01. The average molecular weight is 453 g/mol. The quantitative estimate of drug-likeness (QED) is 0.267. The Morgan fingerprint density at radius 1 is 0.647 bits per heavy atom. The normalized spacial score (nSPS) is 10.1. The highest BCUT2D eigenvalue weighted by Gasteiger charge is 2.08. The predicted molar refractivity (Wildman–Crippen MR) is 135 cm³/mol. The SMILES string of the molecule is COc1ccccc1NNC(=O)c1ccc(Nc2cccc(NC(=O)c3ccccc3)c2)cc1. The number of benzene rings is 4. The van der Waals surface area contributed by atoms with Crippen molar-refractivity contribution >= 4 is 34.6 Å². The van der Waals surface area contributed by atoms with E-state index in [1.165, 1.54) is 0 Å². The lowest BCUT2D eigenvalue weighted by Gasteiger charge is -2.12. The number of para-hydroxylation sites is 2. The van der Waals surface area contributed by atoms with Gasteiger partial charge >= 0.3 is 0 Å². The van der Waals surface area contributed by atoms with Crippen LogP contribution in [-0.2, 0) is 0 Å². The van der Waals surface area contributed by atoms with Crippen LogP contribution in [0.15, 0.2) is 103 Å². The zero-order valence-corrected chi connectivity index (χ0v) is 18.5. The minimum atomic E-state index is -0.275. The lowest BCUT2D eigenvalue weighted by atomic mass is 10.2. The summed E-state index contributed by atoms with van der Waals surface area (Å²) in [5.41, 5.74) is 9.59. The van der Waals surface area contributed by atoms with Crippen LogP contribution in [0.25, 0.3) is 0 Å². The molecule has 2 amide bonds. The molecule has 0 aliphatic carbocycles. The Labute approximate surface area is 197 Å². The van der Waals surface area contributed by atoms with E-state index in [0.29, 0.717) is 28.3 Å². The first-order valence-electron chi connectivity index (χ1n) is 10.7. The summed E-state index contributed by atoms with van der Waals surface area (Å²) in [6.45, 7) is 0. The van der Waals surface area contributed by atoms with Gasteiger partial charge in [-0.2, -0.15) is 0 Å². The largest absolute Gasteiger partial charge is 0.495 e. The van der Waals surface area contributed by atoms with Gasteiger partial charge in [0.25, 0.3) is 11.8 Å². The molecular weight excluding hydrogens is 428 g/mol. The molecule has 4 N–H and O–H groups in total. The maximum atomic E-state index is 12.5. The summed E-state index contributed by atoms with van der Waals surface area (Å²) in [7, 11) is 1.57. The number of hydrogen-bond donors (Lipinski definition) is 4. The van der Waals surface area contributed by atoms with Crippen molar-refractivity contribution < 1.29 is 14.3 Å². The maximum Gasteiger partial charge on any atom is 0.269 e. The molecule has 0 radical (unpaired) electrons. The third kappa shape index (κ3) is 5.72. The lowest BCUT2D eigenvalue weighted by Crippen LogP contribution is -2.29. The van der Waals surface area contributed by atoms with Crippen molar-refractivity contribution in [3.05, 3.63) is 114 Å². The van der Waals surface area contributed by atoms with E-state index in [2.05, 4.69) is 21.5 Å². The molecule has 34 heavy (non-hydrogen) atoms. The molecule has 0 fully saturated rings. The second-order valence-corrected chi connectivity index (χ2v) is 7.38. The Morgan fingerprint density at radius 2 is 1.32 bits per heavy atom. The van der Waals surface area contributed by atoms with Crippen molar-refractivity contribution in [1.29, 1.82) is 0 Å². The fourth-order valence-corrected chi connectivity index (χ4v) is 3.28. The van der Waals surface area contributed by atoms with E-state index < -0.39 is 0 Å². The van der Waals surface area contributed by atoms with E-state index in [9.17, 15) is 9.59 Å². The van der Waals surface area contributed by atoms with Crippen LogP contribution in [0, 0.1) is 0 Å². The second-order valence-electron chi connectivity index (χ2n) is 7.38. The van der Waals surface area contributed by atoms with Gasteiger partial charge in [-0.25, -0.2) is 0 Å². The smallest absolute Gasteiger partial charge is 0.269 e. The molecule has 0 aliphatic heterocycles. The Balaban J connectivity index is 1.35. The molecule has 7 nitrogen and oxygen atoms in total. The van der Waals surface area contributed by atoms with Crippen molar-refractivity contribution in [3.63, 3.8) is 0 Å². The molecule has 4 aromatic carbocycles. The fraction of sp³-hybridized carbons (Fsp3) is 0.0370. The number of anilines is 4.